The molecule has 0 spiro atoms. The van der Waals surface area contributed by atoms with Crippen molar-refractivity contribution in [2.75, 3.05) is 12.1 Å². The van der Waals surface area contributed by atoms with Gasteiger partial charge in [-0.2, -0.15) is 0 Å². The molecule has 0 fully saturated rings. The van der Waals surface area contributed by atoms with Crippen molar-refractivity contribution in [3.05, 3.63) is 17.2 Å². The van der Waals surface area contributed by atoms with E-state index in [9.17, 15) is 4.79 Å². The average molecular weight is 285 g/mol. The summed E-state index contributed by atoms with van der Waals surface area (Å²) in [5.74, 6) is 0.911. The largest absolute Gasteiger partial charge is 0.454 e. The molecule has 0 aromatic heterocycles. The van der Waals surface area contributed by atoms with Gasteiger partial charge in [-0.25, -0.2) is 0 Å². The molecule has 1 heterocycles. The summed E-state index contributed by atoms with van der Waals surface area (Å²) in [7, 11) is 0. The number of ether oxygens (including phenoxy) is 2. The van der Waals surface area contributed by atoms with E-state index in [1.165, 1.54) is 0 Å². The fourth-order valence-corrected chi connectivity index (χ4v) is 1.99. The second-order valence-corrected chi connectivity index (χ2v) is 4.83. The van der Waals surface area contributed by atoms with E-state index in [1.54, 1.807) is 12.1 Å². The predicted molar refractivity (Wildman–Crippen MR) is 73.7 cm³/mol. The van der Waals surface area contributed by atoms with Crippen molar-refractivity contribution in [1.29, 1.82) is 0 Å². The van der Waals surface area contributed by atoms with Gasteiger partial charge in [0.05, 0.1) is 16.8 Å². The fourth-order valence-electron chi connectivity index (χ4n) is 1.79. The molecule has 1 atom stereocenters. The minimum absolute atomic E-state index is 0.166. The van der Waals surface area contributed by atoms with Crippen LogP contribution in [0, 0.1) is 0 Å². The highest BCUT2D eigenvalue weighted by molar-refractivity contribution is 6.34. The van der Waals surface area contributed by atoms with Crippen molar-refractivity contribution < 1.29 is 14.3 Å². The highest BCUT2D eigenvalue weighted by Crippen LogP contribution is 2.39. The van der Waals surface area contributed by atoms with Crippen LogP contribution in [0.5, 0.6) is 11.5 Å². The number of amides is 1. The Hall–Kier alpha value is -1.46. The number of halogens is 1. The molecule has 0 bridgehead atoms. The Morgan fingerprint density at radius 1 is 1.47 bits per heavy atom. The van der Waals surface area contributed by atoms with Crippen molar-refractivity contribution in [2.24, 2.45) is 5.73 Å². The Kier molecular flexibility index (Phi) is 4.50. The lowest BCUT2D eigenvalue weighted by atomic mass is 10.1. The monoisotopic (exact) mass is 284 g/mol. The molecule has 0 aliphatic carbocycles. The summed E-state index contributed by atoms with van der Waals surface area (Å²) in [6.07, 6.45) is 2.58. The second kappa shape index (κ2) is 6.12. The molecule has 1 aromatic rings. The SMILES string of the molecule is CCCC[C@H](N)C(=O)Nc1cc2c(cc1Cl)OCO2. The molecular weight excluding hydrogens is 268 g/mol. The summed E-state index contributed by atoms with van der Waals surface area (Å²) in [6, 6.07) is 2.74. The van der Waals surface area contributed by atoms with Gasteiger partial charge in [-0.1, -0.05) is 31.4 Å². The lowest BCUT2D eigenvalue weighted by Crippen LogP contribution is -2.35. The van der Waals surface area contributed by atoms with Crippen molar-refractivity contribution in [2.45, 2.75) is 32.2 Å². The van der Waals surface area contributed by atoms with Crippen molar-refractivity contribution in [1.82, 2.24) is 0 Å². The normalized spacial score (nSPS) is 14.3. The summed E-state index contributed by atoms with van der Waals surface area (Å²) in [4.78, 5) is 11.9. The molecule has 0 saturated heterocycles. The van der Waals surface area contributed by atoms with Crippen LogP contribution in [0.3, 0.4) is 0 Å². The third kappa shape index (κ3) is 3.30. The van der Waals surface area contributed by atoms with Crippen LogP contribution in [0.2, 0.25) is 5.02 Å². The van der Waals surface area contributed by atoms with Gasteiger partial charge in [0.2, 0.25) is 12.7 Å². The van der Waals surface area contributed by atoms with Gasteiger partial charge in [-0.3, -0.25) is 4.79 Å². The highest BCUT2D eigenvalue weighted by Gasteiger charge is 2.19. The quantitative estimate of drug-likeness (QED) is 0.871. The number of nitrogens with two attached hydrogens (primary N) is 1. The molecule has 0 radical (unpaired) electrons. The lowest BCUT2D eigenvalue weighted by molar-refractivity contribution is -0.117. The first-order chi connectivity index (χ1) is 9.11. The number of carbonyl (C=O) groups excluding carboxylic acids is 1. The van der Waals surface area contributed by atoms with Crippen LogP contribution in [0.1, 0.15) is 26.2 Å². The fraction of sp³-hybridized carbons (Fsp3) is 0.462. The van der Waals surface area contributed by atoms with E-state index in [0.717, 1.165) is 12.8 Å². The molecule has 3 N–H and O–H groups in total. The van der Waals surface area contributed by atoms with Crippen LogP contribution in [-0.2, 0) is 4.79 Å². The van der Waals surface area contributed by atoms with Gasteiger partial charge in [-0.15, -0.1) is 0 Å². The Morgan fingerprint density at radius 3 is 2.84 bits per heavy atom. The summed E-state index contributed by atoms with van der Waals surface area (Å²) < 4.78 is 10.4. The number of fused-ring (bicyclic) bond motifs is 1. The third-order valence-corrected chi connectivity index (χ3v) is 3.24. The van der Waals surface area contributed by atoms with Crippen LogP contribution in [0.15, 0.2) is 12.1 Å². The molecule has 2 rings (SSSR count). The topological polar surface area (TPSA) is 73.6 Å². The Bertz CT molecular complexity index is 479. The summed E-state index contributed by atoms with van der Waals surface area (Å²) in [5.41, 5.74) is 6.29. The van der Waals surface area contributed by atoms with E-state index in [-0.39, 0.29) is 12.7 Å². The first-order valence-corrected chi connectivity index (χ1v) is 6.65. The molecule has 1 aliphatic rings. The summed E-state index contributed by atoms with van der Waals surface area (Å²) >= 11 is 6.07. The number of carbonyl (C=O) groups is 1. The minimum atomic E-state index is -0.526. The average Bonchev–Trinajstić information content (AvgIpc) is 2.83. The minimum Gasteiger partial charge on any atom is -0.454 e. The van der Waals surface area contributed by atoms with Gasteiger partial charge in [0, 0.05) is 12.1 Å². The zero-order valence-corrected chi connectivity index (χ0v) is 11.5. The first kappa shape index (κ1) is 14.0. The van der Waals surface area contributed by atoms with Crippen LogP contribution in [0.25, 0.3) is 0 Å². The Balaban J connectivity index is 2.04. The smallest absolute Gasteiger partial charge is 0.241 e. The zero-order chi connectivity index (χ0) is 13.8. The van der Waals surface area contributed by atoms with Gasteiger partial charge in [-0.05, 0) is 6.42 Å². The maximum absolute atomic E-state index is 11.9. The van der Waals surface area contributed by atoms with E-state index in [2.05, 4.69) is 12.2 Å². The van der Waals surface area contributed by atoms with Crippen LogP contribution >= 0.6 is 11.6 Å². The number of hydrogen-bond acceptors (Lipinski definition) is 4. The van der Waals surface area contributed by atoms with Gasteiger partial charge in [0.1, 0.15) is 0 Å². The molecule has 104 valence electrons. The van der Waals surface area contributed by atoms with Gasteiger partial charge < -0.3 is 20.5 Å². The molecule has 6 heteroatoms. The van der Waals surface area contributed by atoms with Gasteiger partial charge in [0.15, 0.2) is 11.5 Å². The maximum Gasteiger partial charge on any atom is 0.241 e. The molecule has 0 saturated carbocycles. The Labute approximate surface area is 117 Å². The van der Waals surface area contributed by atoms with Crippen LogP contribution < -0.4 is 20.5 Å². The standard InChI is InChI=1S/C13H17ClN2O3/c1-2-3-4-9(15)13(17)16-10-6-12-11(5-8(10)14)18-7-19-12/h5-6,9H,2-4,7,15H2,1H3,(H,16,17)/t9-/m0/s1. The van der Waals surface area contributed by atoms with Gasteiger partial charge >= 0.3 is 0 Å². The third-order valence-electron chi connectivity index (χ3n) is 2.93. The maximum atomic E-state index is 11.9. The van der Waals surface area contributed by atoms with E-state index in [0.29, 0.717) is 28.6 Å². The molecule has 19 heavy (non-hydrogen) atoms. The van der Waals surface area contributed by atoms with E-state index < -0.39 is 6.04 Å². The molecule has 1 amide bonds. The lowest BCUT2D eigenvalue weighted by Gasteiger charge is -2.13. The van der Waals surface area contributed by atoms with Crippen molar-refractivity contribution in [3.63, 3.8) is 0 Å². The van der Waals surface area contributed by atoms with E-state index >= 15 is 0 Å². The van der Waals surface area contributed by atoms with Crippen molar-refractivity contribution >= 4 is 23.2 Å². The molecule has 0 unspecified atom stereocenters. The number of hydrogen-bond donors (Lipinski definition) is 2. The summed E-state index contributed by atoms with van der Waals surface area (Å²) in [5, 5.41) is 3.12. The number of anilines is 1. The van der Waals surface area contributed by atoms with Gasteiger partial charge in [0.25, 0.3) is 0 Å². The van der Waals surface area contributed by atoms with Crippen molar-refractivity contribution in [3.8, 4) is 11.5 Å². The summed E-state index contributed by atoms with van der Waals surface area (Å²) in [6.45, 7) is 2.22. The molecule has 5 nitrogen and oxygen atoms in total. The number of rotatable bonds is 5. The molecule has 1 aromatic carbocycles. The van der Waals surface area contributed by atoms with Crippen LogP contribution in [-0.4, -0.2) is 18.7 Å². The van der Waals surface area contributed by atoms with Crippen LogP contribution in [0.4, 0.5) is 5.69 Å². The second-order valence-electron chi connectivity index (χ2n) is 4.42. The predicted octanol–water partition coefficient (Wildman–Crippen LogP) is 2.52. The highest BCUT2D eigenvalue weighted by atomic mass is 35.5. The van der Waals surface area contributed by atoms with E-state index in [4.69, 9.17) is 26.8 Å². The Morgan fingerprint density at radius 2 is 2.16 bits per heavy atom. The van der Waals surface area contributed by atoms with E-state index in [1.807, 2.05) is 0 Å². The zero-order valence-electron chi connectivity index (χ0n) is 10.7. The number of nitrogens with one attached hydrogen (secondary N) is 1. The molecular formula is C13H17ClN2O3. The molecule has 1 aliphatic heterocycles. The first-order valence-electron chi connectivity index (χ1n) is 6.27. The number of benzene rings is 1. The number of unbranched alkanes of at least 4 members (excludes halogenated alkanes) is 1.